The lowest BCUT2D eigenvalue weighted by atomic mass is 9.80. The maximum atomic E-state index is 12.3. The van der Waals surface area contributed by atoms with E-state index in [1.165, 1.54) is 0 Å². The Kier molecular flexibility index (Phi) is 7.01. The number of unbranched alkanes of at least 4 members (excludes halogenated alkanes) is 2. The Morgan fingerprint density at radius 1 is 1.52 bits per heavy atom. The van der Waals surface area contributed by atoms with Crippen molar-refractivity contribution in [1.29, 1.82) is 5.41 Å². The highest BCUT2D eigenvalue weighted by atomic mass is 32.2. The van der Waals surface area contributed by atoms with E-state index in [0.717, 1.165) is 31.0 Å². The third-order valence-corrected chi connectivity index (χ3v) is 4.39. The number of thioether (sulfide) groups is 1. The minimum Gasteiger partial charge on any atom is -0.465 e. The molecule has 0 aromatic carbocycles. The summed E-state index contributed by atoms with van der Waals surface area (Å²) in [6, 6.07) is 0. The van der Waals surface area contributed by atoms with Crippen molar-refractivity contribution in [1.82, 2.24) is 0 Å². The van der Waals surface area contributed by atoms with Crippen LogP contribution in [0.5, 0.6) is 0 Å². The first kappa shape index (κ1) is 17.8. The number of nitrogens with two attached hydrogens (primary N) is 1. The van der Waals surface area contributed by atoms with Gasteiger partial charge in [0.15, 0.2) is 10.6 Å². The van der Waals surface area contributed by atoms with Crippen molar-refractivity contribution < 1.29 is 19.1 Å². The molecule has 3 N–H and O–H groups in total. The van der Waals surface area contributed by atoms with Crippen LogP contribution >= 0.6 is 11.8 Å². The smallest absolute Gasteiger partial charge is 0.323 e. The molecule has 0 aliphatic carbocycles. The summed E-state index contributed by atoms with van der Waals surface area (Å²) in [5, 5.41) is 7.18. The number of hydrogen-bond donors (Lipinski definition) is 2. The van der Waals surface area contributed by atoms with Crippen molar-refractivity contribution in [2.75, 3.05) is 12.4 Å². The van der Waals surface area contributed by atoms with Gasteiger partial charge < -0.3 is 15.2 Å². The van der Waals surface area contributed by atoms with E-state index in [1.807, 2.05) is 0 Å². The quantitative estimate of drug-likeness (QED) is 0.234. The molecule has 0 spiro atoms. The molecule has 1 heterocycles. The molecule has 2 atom stereocenters. The largest absolute Gasteiger partial charge is 0.465 e. The second-order valence-electron chi connectivity index (χ2n) is 5.17. The Bertz CT molecular complexity index is 402. The molecule has 0 unspecified atom stereocenters. The molecule has 21 heavy (non-hydrogen) atoms. The average molecular weight is 316 g/mol. The third-order valence-electron chi connectivity index (χ3n) is 3.54. The summed E-state index contributed by atoms with van der Waals surface area (Å²) in [6.07, 6.45) is 3.14. The average Bonchev–Trinajstić information content (AvgIpc) is 2.75. The van der Waals surface area contributed by atoms with E-state index in [2.05, 4.69) is 6.92 Å². The molecule has 1 aliphatic heterocycles. The first-order chi connectivity index (χ1) is 9.96. The minimum absolute atomic E-state index is 0.0225. The van der Waals surface area contributed by atoms with Gasteiger partial charge in [0, 0.05) is 12.2 Å². The van der Waals surface area contributed by atoms with Crippen LogP contribution in [-0.2, 0) is 19.1 Å². The second-order valence-corrected chi connectivity index (χ2v) is 6.23. The van der Waals surface area contributed by atoms with Gasteiger partial charge in [-0.05, 0) is 13.3 Å². The Morgan fingerprint density at radius 3 is 2.81 bits per heavy atom. The third kappa shape index (κ3) is 4.62. The molecule has 1 fully saturated rings. The normalized spacial score (nSPS) is 24.7. The van der Waals surface area contributed by atoms with Crippen molar-refractivity contribution in [3.63, 3.8) is 0 Å². The topological polar surface area (TPSA) is 102 Å². The summed E-state index contributed by atoms with van der Waals surface area (Å²) in [4.78, 5) is 24.5. The van der Waals surface area contributed by atoms with Crippen molar-refractivity contribution in [2.24, 2.45) is 11.1 Å². The van der Waals surface area contributed by atoms with Crippen LogP contribution in [0, 0.1) is 10.8 Å². The Labute approximate surface area is 129 Å². The van der Waals surface area contributed by atoms with Crippen LogP contribution < -0.4 is 5.73 Å². The van der Waals surface area contributed by atoms with E-state index >= 15 is 0 Å². The molecule has 1 rings (SSSR count). The van der Waals surface area contributed by atoms with Crippen LogP contribution in [0.25, 0.3) is 0 Å². The number of carbonyl (C=O) groups excluding carboxylic acids is 2. The lowest BCUT2D eigenvalue weighted by Crippen LogP contribution is -2.37. The molecule has 0 aromatic heterocycles. The number of cyclic esters (lactones) is 1. The molecule has 0 saturated carbocycles. The van der Waals surface area contributed by atoms with Crippen LogP contribution in [0.3, 0.4) is 0 Å². The lowest BCUT2D eigenvalue weighted by Gasteiger charge is -2.22. The Hall–Kier alpha value is -1.24. The minimum atomic E-state index is -1.17. The molecule has 6 nitrogen and oxygen atoms in total. The standard InChI is InChI=1S/C14H24N2O4S/c1-3-5-6-7-14(11(17)19-4-2)8-10(20-12(14)18)9-21-13(15)16/h10H,3-9H2,1-2H3,(H3,15,16)/t10-,14+/m1/s1. The molecule has 0 bridgehead atoms. The van der Waals surface area contributed by atoms with E-state index in [-0.39, 0.29) is 11.8 Å². The molecule has 0 amide bonds. The number of hydrogen-bond acceptors (Lipinski definition) is 6. The van der Waals surface area contributed by atoms with Gasteiger partial charge >= 0.3 is 11.9 Å². The molecule has 0 aromatic rings. The van der Waals surface area contributed by atoms with Crippen LogP contribution in [0.15, 0.2) is 0 Å². The van der Waals surface area contributed by atoms with E-state index in [9.17, 15) is 9.59 Å². The molecular formula is C14H24N2O4S. The van der Waals surface area contributed by atoms with Crippen LogP contribution in [-0.4, -0.2) is 35.6 Å². The van der Waals surface area contributed by atoms with E-state index in [4.69, 9.17) is 20.6 Å². The zero-order valence-electron chi connectivity index (χ0n) is 12.6. The van der Waals surface area contributed by atoms with Gasteiger partial charge in [-0.15, -0.1) is 0 Å². The van der Waals surface area contributed by atoms with Crippen LogP contribution in [0.4, 0.5) is 0 Å². The summed E-state index contributed by atoms with van der Waals surface area (Å²) in [5.74, 6) is -0.580. The highest BCUT2D eigenvalue weighted by Crippen LogP contribution is 2.41. The zero-order chi connectivity index (χ0) is 15.9. The van der Waals surface area contributed by atoms with Gasteiger partial charge in [0.05, 0.1) is 6.61 Å². The maximum Gasteiger partial charge on any atom is 0.323 e. The number of carbonyl (C=O) groups is 2. The summed E-state index contributed by atoms with van der Waals surface area (Å²) in [6.45, 7) is 4.03. The van der Waals surface area contributed by atoms with E-state index in [0.29, 0.717) is 18.6 Å². The molecule has 7 heteroatoms. The van der Waals surface area contributed by atoms with E-state index < -0.39 is 23.5 Å². The predicted molar refractivity (Wildman–Crippen MR) is 82.1 cm³/mol. The van der Waals surface area contributed by atoms with Gasteiger partial charge in [-0.1, -0.05) is 37.9 Å². The van der Waals surface area contributed by atoms with Gasteiger partial charge in [0.2, 0.25) is 0 Å². The molecule has 1 aliphatic rings. The summed E-state index contributed by atoms with van der Waals surface area (Å²) < 4.78 is 10.4. The van der Waals surface area contributed by atoms with Crippen molar-refractivity contribution in [3.8, 4) is 0 Å². The predicted octanol–water partition coefficient (Wildman–Crippen LogP) is 2.06. The van der Waals surface area contributed by atoms with Crippen LogP contribution in [0.2, 0.25) is 0 Å². The van der Waals surface area contributed by atoms with Gasteiger partial charge in [-0.3, -0.25) is 15.0 Å². The fourth-order valence-electron chi connectivity index (χ4n) is 2.47. The number of nitrogens with one attached hydrogen (secondary N) is 1. The van der Waals surface area contributed by atoms with Gasteiger partial charge in [-0.2, -0.15) is 0 Å². The highest BCUT2D eigenvalue weighted by Gasteiger charge is 2.55. The summed E-state index contributed by atoms with van der Waals surface area (Å²) in [7, 11) is 0. The molecular weight excluding hydrogens is 292 g/mol. The maximum absolute atomic E-state index is 12.3. The summed E-state index contributed by atoms with van der Waals surface area (Å²) >= 11 is 1.12. The summed E-state index contributed by atoms with van der Waals surface area (Å²) in [5.41, 5.74) is 4.12. The first-order valence-corrected chi connectivity index (χ1v) is 8.30. The van der Waals surface area contributed by atoms with Crippen LogP contribution in [0.1, 0.15) is 46.0 Å². The second kappa shape index (κ2) is 8.26. The van der Waals surface area contributed by atoms with Gasteiger partial charge in [0.25, 0.3) is 0 Å². The number of amidine groups is 1. The first-order valence-electron chi connectivity index (χ1n) is 7.31. The zero-order valence-corrected chi connectivity index (χ0v) is 13.5. The van der Waals surface area contributed by atoms with Crippen molar-refractivity contribution >= 4 is 28.9 Å². The number of esters is 2. The van der Waals surface area contributed by atoms with Gasteiger partial charge in [-0.25, -0.2) is 0 Å². The molecule has 120 valence electrons. The fourth-order valence-corrected chi connectivity index (χ4v) is 3.02. The Balaban J connectivity index is 2.78. The van der Waals surface area contributed by atoms with Crippen molar-refractivity contribution in [3.05, 3.63) is 0 Å². The lowest BCUT2D eigenvalue weighted by molar-refractivity contribution is -0.165. The monoisotopic (exact) mass is 316 g/mol. The fraction of sp³-hybridized carbons (Fsp3) is 0.786. The molecule has 0 radical (unpaired) electrons. The van der Waals surface area contributed by atoms with Crippen molar-refractivity contribution in [2.45, 2.75) is 52.1 Å². The van der Waals surface area contributed by atoms with Gasteiger partial charge in [0.1, 0.15) is 6.10 Å². The molecule has 1 saturated heterocycles. The van der Waals surface area contributed by atoms with E-state index in [1.54, 1.807) is 6.92 Å². The SMILES string of the molecule is CCCCC[C@@]1(C(=O)OCC)C[C@H](CSC(=N)N)OC1=O. The number of rotatable bonds is 8. The Morgan fingerprint density at radius 2 is 2.24 bits per heavy atom. The highest BCUT2D eigenvalue weighted by molar-refractivity contribution is 8.13. The number of ether oxygens (including phenoxy) is 2.